The first kappa shape index (κ1) is 18.7. The van der Waals surface area contributed by atoms with Gasteiger partial charge in [-0.1, -0.05) is 29.3 Å². The van der Waals surface area contributed by atoms with Gasteiger partial charge in [-0.25, -0.2) is 17.9 Å². The Balaban J connectivity index is 1.67. The lowest BCUT2D eigenvalue weighted by Gasteiger charge is -2.13. The van der Waals surface area contributed by atoms with E-state index in [1.165, 1.54) is 31.2 Å². The van der Waals surface area contributed by atoms with Gasteiger partial charge in [-0.05, 0) is 36.8 Å². The van der Waals surface area contributed by atoms with Gasteiger partial charge in [0.25, 0.3) is 11.8 Å². The molecule has 2 aromatic carbocycles. The van der Waals surface area contributed by atoms with Gasteiger partial charge >= 0.3 is 5.97 Å². The van der Waals surface area contributed by atoms with Crippen LogP contribution in [0.15, 0.2) is 48.5 Å². The van der Waals surface area contributed by atoms with Crippen molar-refractivity contribution in [3.8, 4) is 0 Å². The Kier molecular flexibility index (Phi) is 5.06. The van der Waals surface area contributed by atoms with Crippen molar-refractivity contribution in [2.24, 2.45) is 0 Å². The molecule has 0 bridgehead atoms. The van der Waals surface area contributed by atoms with Crippen LogP contribution in [-0.2, 0) is 21.4 Å². The van der Waals surface area contributed by atoms with Gasteiger partial charge in [0.05, 0.1) is 22.4 Å². The summed E-state index contributed by atoms with van der Waals surface area (Å²) in [5.41, 5.74) is 1.11. The average Bonchev–Trinajstić information content (AvgIpc) is 2.92. The van der Waals surface area contributed by atoms with Crippen molar-refractivity contribution in [1.29, 1.82) is 0 Å². The highest BCUT2D eigenvalue weighted by Gasteiger charge is 2.38. The smallest absolute Gasteiger partial charge is 0.324 e. The van der Waals surface area contributed by atoms with Crippen LogP contribution in [0.2, 0.25) is 0 Å². The van der Waals surface area contributed by atoms with Crippen molar-refractivity contribution in [2.75, 3.05) is 5.75 Å². The van der Waals surface area contributed by atoms with Crippen LogP contribution < -0.4 is 4.72 Å². The largest absolute Gasteiger partial charge is 0.363 e. The molecule has 1 aliphatic rings. The molecular weight excluding hydrogens is 372 g/mol. The molecule has 0 unspecified atom stereocenters. The fourth-order valence-corrected chi connectivity index (χ4v) is 3.03. The summed E-state index contributed by atoms with van der Waals surface area (Å²) in [5.74, 6) is -2.30. The number of carbonyl (C=O) groups excluding carboxylic acids is 3. The molecule has 9 heteroatoms. The normalized spacial score (nSPS) is 13.6. The van der Waals surface area contributed by atoms with E-state index in [0.29, 0.717) is 10.6 Å². The maximum Gasteiger partial charge on any atom is 0.363 e. The minimum atomic E-state index is -3.32. The molecule has 0 spiro atoms. The van der Waals surface area contributed by atoms with Gasteiger partial charge in [-0.2, -0.15) is 0 Å². The van der Waals surface area contributed by atoms with E-state index in [1.807, 2.05) is 0 Å². The third kappa shape index (κ3) is 3.88. The van der Waals surface area contributed by atoms with E-state index >= 15 is 0 Å². The van der Waals surface area contributed by atoms with Crippen LogP contribution in [0.4, 0.5) is 0 Å². The standard InChI is InChI=1S/C18H16N2O6S/c1-2-27(24,25)19-11-12-7-9-13(10-8-12)18(23)26-20-16(21)14-5-3-4-6-15(14)17(20)22/h3-10,19H,2,11H2,1H3. The first-order chi connectivity index (χ1) is 12.8. The second-order valence-corrected chi connectivity index (χ2v) is 7.85. The highest BCUT2D eigenvalue weighted by atomic mass is 32.2. The lowest BCUT2D eigenvalue weighted by atomic mass is 10.1. The minimum absolute atomic E-state index is 0.0301. The number of hydrogen-bond acceptors (Lipinski definition) is 6. The van der Waals surface area contributed by atoms with E-state index in [1.54, 1.807) is 24.3 Å². The summed E-state index contributed by atoms with van der Waals surface area (Å²) in [6.07, 6.45) is 0. The number of amides is 2. The number of sulfonamides is 1. The number of imide groups is 1. The van der Waals surface area contributed by atoms with Crippen molar-refractivity contribution in [3.63, 3.8) is 0 Å². The molecule has 1 heterocycles. The molecule has 140 valence electrons. The molecule has 0 aliphatic carbocycles. The topological polar surface area (TPSA) is 110 Å². The third-order valence-electron chi connectivity index (χ3n) is 4.00. The number of carbonyl (C=O) groups is 3. The van der Waals surface area contributed by atoms with Gasteiger partial charge in [0.1, 0.15) is 0 Å². The maximum atomic E-state index is 12.2. The average molecular weight is 388 g/mol. The number of nitrogens with zero attached hydrogens (tertiary/aromatic N) is 1. The number of fused-ring (bicyclic) bond motifs is 1. The maximum absolute atomic E-state index is 12.2. The Hall–Kier alpha value is -3.04. The molecule has 1 aliphatic heterocycles. The lowest BCUT2D eigenvalue weighted by Crippen LogP contribution is -2.32. The fourth-order valence-electron chi connectivity index (χ4n) is 2.44. The number of nitrogens with one attached hydrogen (secondary N) is 1. The third-order valence-corrected chi connectivity index (χ3v) is 5.34. The molecule has 2 amide bonds. The quantitative estimate of drug-likeness (QED) is 0.751. The summed E-state index contributed by atoms with van der Waals surface area (Å²) in [4.78, 5) is 41.6. The Bertz CT molecular complexity index is 979. The van der Waals surface area contributed by atoms with E-state index in [0.717, 1.165) is 0 Å². The van der Waals surface area contributed by atoms with Crippen molar-refractivity contribution < 1.29 is 27.6 Å². The van der Waals surface area contributed by atoms with E-state index in [4.69, 9.17) is 4.84 Å². The summed E-state index contributed by atoms with van der Waals surface area (Å²) >= 11 is 0. The summed E-state index contributed by atoms with van der Waals surface area (Å²) < 4.78 is 25.3. The van der Waals surface area contributed by atoms with Gasteiger partial charge in [0.15, 0.2) is 0 Å². The highest BCUT2D eigenvalue weighted by Crippen LogP contribution is 2.23. The first-order valence-electron chi connectivity index (χ1n) is 8.09. The molecule has 27 heavy (non-hydrogen) atoms. The second-order valence-electron chi connectivity index (χ2n) is 5.75. The summed E-state index contributed by atoms with van der Waals surface area (Å²) in [7, 11) is -3.32. The van der Waals surface area contributed by atoms with Crippen molar-refractivity contribution in [1.82, 2.24) is 9.79 Å². The molecular formula is C18H16N2O6S. The molecule has 0 aromatic heterocycles. The summed E-state index contributed by atoms with van der Waals surface area (Å²) in [6, 6.07) is 12.1. The highest BCUT2D eigenvalue weighted by molar-refractivity contribution is 7.89. The Morgan fingerprint density at radius 2 is 1.56 bits per heavy atom. The monoisotopic (exact) mass is 388 g/mol. The van der Waals surface area contributed by atoms with E-state index in [9.17, 15) is 22.8 Å². The van der Waals surface area contributed by atoms with E-state index in [2.05, 4.69) is 4.72 Å². The number of rotatable bonds is 6. The molecule has 8 nitrogen and oxygen atoms in total. The zero-order valence-electron chi connectivity index (χ0n) is 14.3. The van der Waals surface area contributed by atoms with Crippen LogP contribution in [0.3, 0.4) is 0 Å². The zero-order chi connectivity index (χ0) is 19.6. The predicted octanol–water partition coefficient (Wildman–Crippen LogP) is 1.49. The molecule has 3 rings (SSSR count). The molecule has 1 N–H and O–H groups in total. The lowest BCUT2D eigenvalue weighted by molar-refractivity contribution is -0.0584. The van der Waals surface area contributed by atoms with Crippen LogP contribution in [0.5, 0.6) is 0 Å². The van der Waals surface area contributed by atoms with Gasteiger partial charge in [-0.3, -0.25) is 9.59 Å². The SMILES string of the molecule is CCS(=O)(=O)NCc1ccc(C(=O)ON2C(=O)c3ccccc3C2=O)cc1. The van der Waals surface area contributed by atoms with Crippen LogP contribution in [0.1, 0.15) is 43.6 Å². The summed E-state index contributed by atoms with van der Waals surface area (Å²) in [5, 5.41) is 0.441. The molecule has 0 fully saturated rings. The van der Waals surface area contributed by atoms with Gasteiger partial charge in [-0.15, -0.1) is 0 Å². The van der Waals surface area contributed by atoms with Crippen molar-refractivity contribution in [2.45, 2.75) is 13.5 Å². The Labute approximate surface area is 155 Å². The van der Waals surface area contributed by atoms with Crippen LogP contribution >= 0.6 is 0 Å². The number of benzene rings is 2. The van der Waals surface area contributed by atoms with Gasteiger partial charge in [0.2, 0.25) is 10.0 Å². The second kappa shape index (κ2) is 7.29. The van der Waals surface area contributed by atoms with Crippen LogP contribution in [0.25, 0.3) is 0 Å². The fraction of sp³-hybridized carbons (Fsp3) is 0.167. The van der Waals surface area contributed by atoms with Crippen LogP contribution in [0, 0.1) is 0 Å². The summed E-state index contributed by atoms with van der Waals surface area (Å²) in [6.45, 7) is 1.62. The first-order valence-corrected chi connectivity index (χ1v) is 9.74. The Morgan fingerprint density at radius 1 is 1.00 bits per heavy atom. The molecule has 2 aromatic rings. The minimum Gasteiger partial charge on any atom is -0.324 e. The Morgan fingerprint density at radius 3 is 2.07 bits per heavy atom. The molecule has 0 saturated carbocycles. The van der Waals surface area contributed by atoms with Gasteiger partial charge < -0.3 is 4.84 Å². The zero-order valence-corrected chi connectivity index (χ0v) is 15.2. The van der Waals surface area contributed by atoms with Crippen LogP contribution in [-0.4, -0.2) is 37.0 Å². The van der Waals surface area contributed by atoms with Crippen molar-refractivity contribution >= 4 is 27.8 Å². The number of hydroxylamine groups is 2. The number of hydrogen-bond donors (Lipinski definition) is 1. The molecule has 0 saturated heterocycles. The van der Waals surface area contributed by atoms with E-state index < -0.39 is 27.8 Å². The molecule has 0 radical (unpaired) electrons. The van der Waals surface area contributed by atoms with Gasteiger partial charge in [0, 0.05) is 6.54 Å². The predicted molar refractivity (Wildman–Crippen MR) is 95.1 cm³/mol. The molecule has 0 atom stereocenters. The van der Waals surface area contributed by atoms with E-state index in [-0.39, 0.29) is 29.0 Å². The van der Waals surface area contributed by atoms with Crippen molar-refractivity contribution in [3.05, 3.63) is 70.8 Å².